The maximum absolute atomic E-state index is 6.34. The molecule has 3 rings (SSSR count). The van der Waals surface area contributed by atoms with Crippen molar-refractivity contribution in [1.29, 1.82) is 0 Å². The average Bonchev–Trinajstić information content (AvgIpc) is 2.33. The molecular weight excluding hydrogens is 228 g/mol. The van der Waals surface area contributed by atoms with Gasteiger partial charge in [-0.15, -0.1) is 0 Å². The van der Waals surface area contributed by atoms with Gasteiger partial charge < -0.3 is 20.9 Å². The summed E-state index contributed by atoms with van der Waals surface area (Å²) < 4.78 is 11.2. The molecule has 0 saturated heterocycles. The van der Waals surface area contributed by atoms with Gasteiger partial charge in [-0.2, -0.15) is 0 Å². The normalized spacial score (nSPS) is 27.5. The first-order valence-corrected chi connectivity index (χ1v) is 6.56. The standard InChI is InChI=1S/C14H20N2O2/c1-8-4-12-13(18-3-2-17-12)7-11(8)14(16)9-5-10(15)6-9/h4,7,9-10,14H,2-3,5-6,15-16H2,1H3. The minimum atomic E-state index is 0.0561. The van der Waals surface area contributed by atoms with Gasteiger partial charge in [0, 0.05) is 12.1 Å². The van der Waals surface area contributed by atoms with E-state index in [-0.39, 0.29) is 6.04 Å². The zero-order chi connectivity index (χ0) is 12.7. The minimum absolute atomic E-state index is 0.0561. The second kappa shape index (κ2) is 4.44. The van der Waals surface area contributed by atoms with Crippen molar-refractivity contribution in [2.75, 3.05) is 13.2 Å². The number of hydrogen-bond acceptors (Lipinski definition) is 4. The van der Waals surface area contributed by atoms with Crippen molar-refractivity contribution in [2.24, 2.45) is 17.4 Å². The lowest BCUT2D eigenvalue weighted by Crippen LogP contribution is -2.41. The first-order chi connectivity index (χ1) is 8.65. The minimum Gasteiger partial charge on any atom is -0.486 e. The zero-order valence-corrected chi connectivity index (χ0v) is 10.7. The zero-order valence-electron chi connectivity index (χ0n) is 10.7. The summed E-state index contributed by atoms with van der Waals surface area (Å²) in [5.41, 5.74) is 14.5. The topological polar surface area (TPSA) is 70.5 Å². The fraction of sp³-hybridized carbons (Fsp3) is 0.571. The third kappa shape index (κ3) is 1.95. The highest BCUT2D eigenvalue weighted by molar-refractivity contribution is 5.49. The molecule has 2 aliphatic rings. The van der Waals surface area contributed by atoms with Gasteiger partial charge in [-0.1, -0.05) is 0 Å². The van der Waals surface area contributed by atoms with E-state index in [4.69, 9.17) is 20.9 Å². The molecule has 1 unspecified atom stereocenters. The Hall–Kier alpha value is -1.26. The van der Waals surface area contributed by atoms with E-state index in [0.29, 0.717) is 25.2 Å². The van der Waals surface area contributed by atoms with Crippen molar-refractivity contribution < 1.29 is 9.47 Å². The van der Waals surface area contributed by atoms with Crippen molar-refractivity contribution in [1.82, 2.24) is 0 Å². The second-order valence-electron chi connectivity index (χ2n) is 5.37. The molecule has 98 valence electrons. The lowest BCUT2D eigenvalue weighted by molar-refractivity contribution is 0.170. The summed E-state index contributed by atoms with van der Waals surface area (Å²) in [5, 5.41) is 0. The van der Waals surface area contributed by atoms with E-state index < -0.39 is 0 Å². The highest BCUT2D eigenvalue weighted by atomic mass is 16.6. The molecule has 1 fully saturated rings. The Bertz CT molecular complexity index is 455. The number of ether oxygens (including phenoxy) is 2. The van der Waals surface area contributed by atoms with Crippen LogP contribution in [0.25, 0.3) is 0 Å². The Labute approximate surface area is 107 Å². The van der Waals surface area contributed by atoms with Crippen LogP contribution in [0.2, 0.25) is 0 Å². The Morgan fingerprint density at radius 1 is 1.17 bits per heavy atom. The summed E-state index contributed by atoms with van der Waals surface area (Å²) in [7, 11) is 0. The van der Waals surface area contributed by atoms with Gasteiger partial charge in [0.1, 0.15) is 13.2 Å². The SMILES string of the molecule is Cc1cc2c(cc1C(N)C1CC(N)C1)OCCO2. The van der Waals surface area contributed by atoms with Crippen LogP contribution in [-0.2, 0) is 0 Å². The molecule has 0 radical (unpaired) electrons. The van der Waals surface area contributed by atoms with Crippen LogP contribution in [0.4, 0.5) is 0 Å². The maximum atomic E-state index is 6.34. The van der Waals surface area contributed by atoms with E-state index in [9.17, 15) is 0 Å². The van der Waals surface area contributed by atoms with Crippen molar-refractivity contribution in [3.05, 3.63) is 23.3 Å². The molecular formula is C14H20N2O2. The molecule has 4 nitrogen and oxygen atoms in total. The van der Waals surface area contributed by atoms with Gasteiger partial charge in [0.05, 0.1) is 0 Å². The predicted molar refractivity (Wildman–Crippen MR) is 69.8 cm³/mol. The lowest BCUT2D eigenvalue weighted by Gasteiger charge is -2.37. The van der Waals surface area contributed by atoms with Crippen LogP contribution in [-0.4, -0.2) is 19.3 Å². The summed E-state index contributed by atoms with van der Waals surface area (Å²) in [6.07, 6.45) is 2.05. The fourth-order valence-electron chi connectivity index (χ4n) is 2.82. The third-order valence-corrected chi connectivity index (χ3v) is 4.01. The number of nitrogens with two attached hydrogens (primary N) is 2. The molecule has 0 aromatic heterocycles. The van der Waals surface area contributed by atoms with Crippen LogP contribution in [0, 0.1) is 12.8 Å². The van der Waals surface area contributed by atoms with Gasteiger partial charge in [-0.05, 0) is 48.9 Å². The van der Waals surface area contributed by atoms with Crippen LogP contribution in [0.15, 0.2) is 12.1 Å². The number of aryl methyl sites for hydroxylation is 1. The molecule has 4 heteroatoms. The molecule has 1 atom stereocenters. The highest BCUT2D eigenvalue weighted by Gasteiger charge is 2.33. The number of fused-ring (bicyclic) bond motifs is 1. The average molecular weight is 248 g/mol. The van der Waals surface area contributed by atoms with Crippen molar-refractivity contribution in [2.45, 2.75) is 31.8 Å². The van der Waals surface area contributed by atoms with E-state index >= 15 is 0 Å². The van der Waals surface area contributed by atoms with E-state index in [0.717, 1.165) is 29.9 Å². The lowest BCUT2D eigenvalue weighted by atomic mass is 9.73. The molecule has 1 saturated carbocycles. The van der Waals surface area contributed by atoms with Crippen LogP contribution in [0.1, 0.15) is 30.0 Å². The van der Waals surface area contributed by atoms with Crippen molar-refractivity contribution >= 4 is 0 Å². The summed E-state index contributed by atoms with van der Waals surface area (Å²) in [6, 6.07) is 4.46. The largest absolute Gasteiger partial charge is 0.486 e. The van der Waals surface area contributed by atoms with Crippen molar-refractivity contribution in [3.63, 3.8) is 0 Å². The number of benzene rings is 1. The summed E-state index contributed by atoms with van der Waals surface area (Å²) in [5.74, 6) is 2.15. The molecule has 1 aliphatic carbocycles. The molecule has 4 N–H and O–H groups in total. The van der Waals surface area contributed by atoms with Crippen molar-refractivity contribution in [3.8, 4) is 11.5 Å². The monoisotopic (exact) mass is 248 g/mol. The number of hydrogen-bond donors (Lipinski definition) is 2. The van der Waals surface area contributed by atoms with Gasteiger partial charge in [0.25, 0.3) is 0 Å². The molecule has 1 aliphatic heterocycles. The van der Waals surface area contributed by atoms with Gasteiger partial charge in [-0.3, -0.25) is 0 Å². The first kappa shape index (κ1) is 11.8. The van der Waals surface area contributed by atoms with E-state index in [1.54, 1.807) is 0 Å². The van der Waals surface area contributed by atoms with Gasteiger partial charge in [0.15, 0.2) is 11.5 Å². The van der Waals surface area contributed by atoms with Crippen LogP contribution in [0.5, 0.6) is 11.5 Å². The van der Waals surface area contributed by atoms with Crippen LogP contribution >= 0.6 is 0 Å². The van der Waals surface area contributed by atoms with E-state index in [2.05, 4.69) is 6.92 Å². The van der Waals surface area contributed by atoms with Crippen LogP contribution in [0.3, 0.4) is 0 Å². The fourth-order valence-corrected chi connectivity index (χ4v) is 2.82. The van der Waals surface area contributed by atoms with Gasteiger partial charge >= 0.3 is 0 Å². The summed E-state index contributed by atoms with van der Waals surface area (Å²) >= 11 is 0. The molecule has 1 aromatic rings. The van der Waals surface area contributed by atoms with Gasteiger partial charge in [-0.25, -0.2) is 0 Å². The number of rotatable bonds is 2. The summed E-state index contributed by atoms with van der Waals surface area (Å²) in [6.45, 7) is 3.31. The molecule has 0 amide bonds. The molecule has 0 bridgehead atoms. The highest BCUT2D eigenvalue weighted by Crippen LogP contribution is 2.40. The maximum Gasteiger partial charge on any atom is 0.161 e. The van der Waals surface area contributed by atoms with E-state index in [1.165, 1.54) is 5.56 Å². The molecule has 18 heavy (non-hydrogen) atoms. The Morgan fingerprint density at radius 2 is 1.78 bits per heavy atom. The quantitative estimate of drug-likeness (QED) is 0.832. The molecule has 0 spiro atoms. The van der Waals surface area contributed by atoms with Gasteiger partial charge in [0.2, 0.25) is 0 Å². The van der Waals surface area contributed by atoms with E-state index in [1.807, 2.05) is 12.1 Å². The molecule has 1 heterocycles. The molecule has 1 aromatic carbocycles. The Morgan fingerprint density at radius 3 is 2.39 bits per heavy atom. The Balaban J connectivity index is 1.87. The first-order valence-electron chi connectivity index (χ1n) is 6.56. The predicted octanol–water partition coefficient (Wildman–Crippen LogP) is 1.50. The second-order valence-corrected chi connectivity index (χ2v) is 5.37. The smallest absolute Gasteiger partial charge is 0.161 e. The van der Waals surface area contributed by atoms with Crippen LogP contribution < -0.4 is 20.9 Å². The third-order valence-electron chi connectivity index (χ3n) is 4.01. The Kier molecular flexibility index (Phi) is 2.92. The summed E-state index contributed by atoms with van der Waals surface area (Å²) in [4.78, 5) is 0.